The Morgan fingerprint density at radius 1 is 1.15 bits per heavy atom. The first kappa shape index (κ1) is 14.1. The summed E-state index contributed by atoms with van der Waals surface area (Å²) in [5.74, 6) is -1.75. The fourth-order valence-electron chi connectivity index (χ4n) is 1.76. The van der Waals surface area contributed by atoms with Gasteiger partial charge >= 0.3 is 0 Å². The summed E-state index contributed by atoms with van der Waals surface area (Å²) in [4.78, 5) is 11.7. The van der Waals surface area contributed by atoms with E-state index in [2.05, 4.69) is 5.32 Å². The van der Waals surface area contributed by atoms with Crippen molar-refractivity contribution in [2.45, 2.75) is 6.10 Å². The van der Waals surface area contributed by atoms with Gasteiger partial charge in [0.2, 0.25) is 0 Å². The standard InChI is InChI=1S/C15H13F2NO2/c16-11-6-7-13(17)12(8-11)14(19)9-18-15(20)10-4-2-1-3-5-10/h1-8,14,19H,9H2,(H,18,20). The van der Waals surface area contributed by atoms with Gasteiger partial charge in [-0.25, -0.2) is 8.78 Å². The van der Waals surface area contributed by atoms with Gasteiger partial charge in [0.05, 0.1) is 6.10 Å². The number of hydrogen-bond acceptors (Lipinski definition) is 2. The molecule has 3 nitrogen and oxygen atoms in total. The second kappa shape index (κ2) is 6.25. The number of rotatable bonds is 4. The predicted molar refractivity (Wildman–Crippen MR) is 70.1 cm³/mol. The molecule has 0 heterocycles. The van der Waals surface area contributed by atoms with E-state index in [-0.39, 0.29) is 18.0 Å². The molecule has 0 bridgehead atoms. The summed E-state index contributed by atoms with van der Waals surface area (Å²) in [7, 11) is 0. The van der Waals surface area contributed by atoms with E-state index in [9.17, 15) is 18.7 Å². The first-order valence-electron chi connectivity index (χ1n) is 6.04. The van der Waals surface area contributed by atoms with Crippen LogP contribution in [0, 0.1) is 11.6 Å². The summed E-state index contributed by atoms with van der Waals surface area (Å²) < 4.78 is 26.4. The monoisotopic (exact) mass is 277 g/mol. The van der Waals surface area contributed by atoms with Gasteiger partial charge in [0.1, 0.15) is 11.6 Å². The molecule has 2 aromatic carbocycles. The normalized spacial score (nSPS) is 11.9. The third-order valence-electron chi connectivity index (χ3n) is 2.81. The minimum atomic E-state index is -1.31. The van der Waals surface area contributed by atoms with E-state index >= 15 is 0 Å². The van der Waals surface area contributed by atoms with Crippen LogP contribution in [0.5, 0.6) is 0 Å². The zero-order chi connectivity index (χ0) is 14.5. The van der Waals surface area contributed by atoms with Crippen molar-refractivity contribution >= 4 is 5.91 Å². The Morgan fingerprint density at radius 2 is 1.85 bits per heavy atom. The van der Waals surface area contributed by atoms with Gasteiger partial charge in [0.15, 0.2) is 0 Å². The quantitative estimate of drug-likeness (QED) is 0.901. The van der Waals surface area contributed by atoms with E-state index in [1.165, 1.54) is 0 Å². The predicted octanol–water partition coefficient (Wildman–Crippen LogP) is 2.43. The van der Waals surface area contributed by atoms with E-state index in [1.807, 2.05) is 0 Å². The van der Waals surface area contributed by atoms with Gasteiger partial charge in [-0.3, -0.25) is 4.79 Å². The van der Waals surface area contributed by atoms with Crippen molar-refractivity contribution in [1.82, 2.24) is 5.32 Å². The second-order valence-corrected chi connectivity index (χ2v) is 4.26. The van der Waals surface area contributed by atoms with Crippen molar-refractivity contribution < 1.29 is 18.7 Å². The van der Waals surface area contributed by atoms with Crippen molar-refractivity contribution in [3.63, 3.8) is 0 Å². The number of halogens is 2. The highest BCUT2D eigenvalue weighted by Crippen LogP contribution is 2.17. The van der Waals surface area contributed by atoms with Gasteiger partial charge in [-0.05, 0) is 30.3 Å². The first-order chi connectivity index (χ1) is 9.58. The minimum Gasteiger partial charge on any atom is -0.386 e. The summed E-state index contributed by atoms with van der Waals surface area (Å²) >= 11 is 0. The summed E-state index contributed by atoms with van der Waals surface area (Å²) in [5, 5.41) is 12.3. The lowest BCUT2D eigenvalue weighted by Crippen LogP contribution is -2.28. The van der Waals surface area contributed by atoms with Crippen molar-refractivity contribution in [2.24, 2.45) is 0 Å². The molecular formula is C15H13F2NO2. The number of benzene rings is 2. The third kappa shape index (κ3) is 3.39. The van der Waals surface area contributed by atoms with Crippen molar-refractivity contribution in [3.8, 4) is 0 Å². The molecule has 0 aromatic heterocycles. The fourth-order valence-corrected chi connectivity index (χ4v) is 1.76. The van der Waals surface area contributed by atoms with Crippen LogP contribution in [0.1, 0.15) is 22.0 Å². The molecule has 1 amide bonds. The molecule has 5 heteroatoms. The van der Waals surface area contributed by atoms with Gasteiger partial charge in [0, 0.05) is 17.7 Å². The molecule has 2 rings (SSSR count). The van der Waals surface area contributed by atoms with Gasteiger partial charge in [0.25, 0.3) is 5.91 Å². The molecular weight excluding hydrogens is 264 g/mol. The molecule has 0 fully saturated rings. The molecule has 104 valence electrons. The molecule has 2 aromatic rings. The number of aliphatic hydroxyl groups excluding tert-OH is 1. The molecule has 2 N–H and O–H groups in total. The molecule has 0 aliphatic rings. The summed E-state index contributed by atoms with van der Waals surface area (Å²) in [6.07, 6.45) is -1.31. The Balaban J connectivity index is 2.00. The highest BCUT2D eigenvalue weighted by Gasteiger charge is 2.15. The average molecular weight is 277 g/mol. The van der Waals surface area contributed by atoms with E-state index in [1.54, 1.807) is 30.3 Å². The molecule has 1 unspecified atom stereocenters. The molecule has 0 saturated heterocycles. The molecule has 0 radical (unpaired) electrons. The number of carbonyl (C=O) groups is 1. The average Bonchev–Trinajstić information content (AvgIpc) is 2.47. The van der Waals surface area contributed by atoms with Gasteiger partial charge < -0.3 is 10.4 Å². The highest BCUT2D eigenvalue weighted by molar-refractivity contribution is 5.94. The SMILES string of the molecule is O=C(NCC(O)c1cc(F)ccc1F)c1ccccc1. The second-order valence-electron chi connectivity index (χ2n) is 4.26. The molecule has 1 atom stereocenters. The van der Waals surface area contributed by atoms with Crippen LogP contribution < -0.4 is 5.32 Å². The Hall–Kier alpha value is -2.27. The number of nitrogens with one attached hydrogen (secondary N) is 1. The Bertz CT molecular complexity index is 602. The summed E-state index contributed by atoms with van der Waals surface area (Å²) in [6, 6.07) is 11.2. The number of carbonyl (C=O) groups excluding carboxylic acids is 1. The third-order valence-corrected chi connectivity index (χ3v) is 2.81. The van der Waals surface area contributed by atoms with Crippen LogP contribution in [0.2, 0.25) is 0 Å². The molecule has 0 saturated carbocycles. The number of aliphatic hydroxyl groups is 1. The zero-order valence-corrected chi connectivity index (χ0v) is 10.5. The lowest BCUT2D eigenvalue weighted by Gasteiger charge is -2.13. The molecule has 20 heavy (non-hydrogen) atoms. The molecule has 0 aliphatic carbocycles. The largest absolute Gasteiger partial charge is 0.386 e. The fraction of sp³-hybridized carbons (Fsp3) is 0.133. The minimum absolute atomic E-state index is 0.182. The van der Waals surface area contributed by atoms with Gasteiger partial charge in [-0.2, -0.15) is 0 Å². The van der Waals surface area contributed by atoms with Crippen LogP contribution in [-0.4, -0.2) is 17.6 Å². The van der Waals surface area contributed by atoms with Gasteiger partial charge in [-0.1, -0.05) is 18.2 Å². The highest BCUT2D eigenvalue weighted by atomic mass is 19.1. The van der Waals surface area contributed by atoms with Crippen LogP contribution >= 0.6 is 0 Å². The van der Waals surface area contributed by atoms with Crippen LogP contribution in [0.15, 0.2) is 48.5 Å². The number of amides is 1. The molecule has 0 spiro atoms. The van der Waals surface area contributed by atoms with Crippen molar-refractivity contribution in [1.29, 1.82) is 0 Å². The maximum atomic E-state index is 13.4. The zero-order valence-electron chi connectivity index (χ0n) is 10.5. The maximum absolute atomic E-state index is 13.4. The van der Waals surface area contributed by atoms with E-state index in [4.69, 9.17) is 0 Å². The smallest absolute Gasteiger partial charge is 0.251 e. The molecule has 0 aliphatic heterocycles. The van der Waals surface area contributed by atoms with Crippen LogP contribution in [0.3, 0.4) is 0 Å². The summed E-state index contributed by atoms with van der Waals surface area (Å²) in [6.45, 7) is -0.200. The lowest BCUT2D eigenvalue weighted by molar-refractivity contribution is 0.0914. The Labute approximate surface area is 114 Å². The maximum Gasteiger partial charge on any atom is 0.251 e. The first-order valence-corrected chi connectivity index (χ1v) is 6.04. The number of hydrogen-bond donors (Lipinski definition) is 2. The van der Waals surface area contributed by atoms with Crippen LogP contribution in [0.4, 0.5) is 8.78 Å². The van der Waals surface area contributed by atoms with E-state index in [0.29, 0.717) is 5.56 Å². The van der Waals surface area contributed by atoms with Crippen LogP contribution in [-0.2, 0) is 0 Å². The van der Waals surface area contributed by atoms with Crippen LogP contribution in [0.25, 0.3) is 0 Å². The van der Waals surface area contributed by atoms with Crippen molar-refractivity contribution in [3.05, 3.63) is 71.3 Å². The summed E-state index contributed by atoms with van der Waals surface area (Å²) in [5.41, 5.74) is 0.248. The van der Waals surface area contributed by atoms with E-state index in [0.717, 1.165) is 18.2 Å². The topological polar surface area (TPSA) is 49.3 Å². The van der Waals surface area contributed by atoms with E-state index < -0.39 is 17.7 Å². The lowest BCUT2D eigenvalue weighted by atomic mass is 10.1. The van der Waals surface area contributed by atoms with Crippen molar-refractivity contribution in [2.75, 3.05) is 6.54 Å². The van der Waals surface area contributed by atoms with Gasteiger partial charge in [-0.15, -0.1) is 0 Å². The Kier molecular flexibility index (Phi) is 4.42. The Morgan fingerprint density at radius 3 is 2.55 bits per heavy atom.